The lowest BCUT2D eigenvalue weighted by Gasteiger charge is -2.24. The van der Waals surface area contributed by atoms with E-state index in [-0.39, 0.29) is 6.61 Å². The molecule has 0 unspecified atom stereocenters. The molecule has 0 aliphatic carbocycles. The second-order valence-electron chi connectivity index (χ2n) is 3.74. The largest absolute Gasteiger partial charge is 0.444 e. The van der Waals surface area contributed by atoms with E-state index in [2.05, 4.69) is 4.89 Å². The summed E-state index contributed by atoms with van der Waals surface area (Å²) < 4.78 is 5.05. The Morgan fingerprint density at radius 2 is 2.00 bits per heavy atom. The van der Waals surface area contributed by atoms with Gasteiger partial charge in [-0.1, -0.05) is 0 Å². The summed E-state index contributed by atoms with van der Waals surface area (Å²) in [6.07, 6.45) is -0.426. The van der Waals surface area contributed by atoms with Crippen LogP contribution < -0.4 is 0 Å². The molecule has 0 aliphatic heterocycles. The molecule has 0 rings (SSSR count). The van der Waals surface area contributed by atoms with E-state index in [9.17, 15) is 4.79 Å². The van der Waals surface area contributed by atoms with Gasteiger partial charge in [-0.15, -0.1) is 0 Å². The van der Waals surface area contributed by atoms with Gasteiger partial charge in [0.15, 0.2) is 0 Å². The highest BCUT2D eigenvalue weighted by atomic mass is 17.1. The van der Waals surface area contributed by atoms with Gasteiger partial charge in [0, 0.05) is 7.05 Å². The van der Waals surface area contributed by atoms with E-state index < -0.39 is 11.7 Å². The number of carbonyl (C=O) groups is 1. The van der Waals surface area contributed by atoms with Crippen molar-refractivity contribution in [3.63, 3.8) is 0 Å². The number of amides is 1. The van der Waals surface area contributed by atoms with E-state index in [1.807, 2.05) is 0 Å². The Balaban J connectivity index is 3.83. The van der Waals surface area contributed by atoms with Crippen molar-refractivity contribution >= 4 is 6.09 Å². The number of ether oxygens (including phenoxy) is 1. The van der Waals surface area contributed by atoms with Gasteiger partial charge in [0.2, 0.25) is 0 Å². The lowest BCUT2D eigenvalue weighted by atomic mass is 10.2. The molecule has 0 aromatic heterocycles. The van der Waals surface area contributed by atoms with Crippen LogP contribution in [0, 0.1) is 0 Å². The Hall–Kier alpha value is -0.810. The topological polar surface area (TPSA) is 59.0 Å². The van der Waals surface area contributed by atoms with Crippen LogP contribution in [0.5, 0.6) is 0 Å². The Bertz CT molecular complexity index is 164. The number of hydrogen-bond acceptors (Lipinski definition) is 4. The fraction of sp³-hybridized carbons (Fsp3) is 0.875. The molecule has 0 saturated carbocycles. The number of rotatable bonds is 3. The molecule has 0 aromatic rings. The average Bonchev–Trinajstić information content (AvgIpc) is 1.96. The van der Waals surface area contributed by atoms with E-state index in [1.165, 1.54) is 4.90 Å². The van der Waals surface area contributed by atoms with Crippen molar-refractivity contribution in [2.75, 3.05) is 20.2 Å². The van der Waals surface area contributed by atoms with Crippen molar-refractivity contribution in [2.45, 2.75) is 26.4 Å². The van der Waals surface area contributed by atoms with Crippen molar-refractivity contribution < 1.29 is 19.7 Å². The maximum Gasteiger partial charge on any atom is 0.410 e. The predicted molar refractivity (Wildman–Crippen MR) is 47.4 cm³/mol. The molecule has 5 nitrogen and oxygen atoms in total. The van der Waals surface area contributed by atoms with Gasteiger partial charge in [-0.2, -0.15) is 0 Å². The second kappa shape index (κ2) is 5.04. The fourth-order valence-electron chi connectivity index (χ4n) is 0.609. The van der Waals surface area contributed by atoms with Crippen LogP contribution in [0.15, 0.2) is 0 Å². The van der Waals surface area contributed by atoms with Crippen LogP contribution in [0.3, 0.4) is 0 Å². The molecule has 0 bridgehead atoms. The molecule has 13 heavy (non-hydrogen) atoms. The van der Waals surface area contributed by atoms with Crippen LogP contribution in [0.1, 0.15) is 20.8 Å². The van der Waals surface area contributed by atoms with Gasteiger partial charge in [-0.05, 0) is 20.8 Å². The van der Waals surface area contributed by atoms with E-state index in [1.54, 1.807) is 27.8 Å². The standard InChI is InChI=1S/C8H17NO4/c1-8(2,3)13-7(10)9(4)5-6-12-11/h11H,5-6H2,1-4H3. The van der Waals surface area contributed by atoms with E-state index in [4.69, 9.17) is 9.99 Å². The van der Waals surface area contributed by atoms with Crippen LogP contribution in [0.4, 0.5) is 4.79 Å². The van der Waals surface area contributed by atoms with Crippen LogP contribution in [-0.2, 0) is 9.62 Å². The van der Waals surface area contributed by atoms with Crippen LogP contribution in [0.25, 0.3) is 0 Å². The molecule has 0 aliphatic rings. The van der Waals surface area contributed by atoms with Gasteiger partial charge in [0.1, 0.15) is 5.60 Å². The van der Waals surface area contributed by atoms with Crippen molar-refractivity contribution in [1.29, 1.82) is 0 Å². The molecule has 78 valence electrons. The van der Waals surface area contributed by atoms with Crippen molar-refractivity contribution in [1.82, 2.24) is 4.90 Å². The van der Waals surface area contributed by atoms with E-state index >= 15 is 0 Å². The Morgan fingerprint density at radius 1 is 1.46 bits per heavy atom. The lowest BCUT2D eigenvalue weighted by Crippen LogP contribution is -2.35. The van der Waals surface area contributed by atoms with E-state index in [0.29, 0.717) is 6.54 Å². The number of carbonyl (C=O) groups excluding carboxylic acids is 1. The minimum Gasteiger partial charge on any atom is -0.444 e. The summed E-state index contributed by atoms with van der Waals surface area (Å²) in [6, 6.07) is 0. The number of likely N-dealkylation sites (N-methyl/N-ethyl adjacent to an activating group) is 1. The number of nitrogens with zero attached hydrogens (tertiary/aromatic N) is 1. The van der Waals surface area contributed by atoms with E-state index in [0.717, 1.165) is 0 Å². The monoisotopic (exact) mass is 191 g/mol. The smallest absolute Gasteiger partial charge is 0.410 e. The SMILES string of the molecule is CN(CCOO)C(=O)OC(C)(C)C. The zero-order chi connectivity index (χ0) is 10.5. The highest BCUT2D eigenvalue weighted by molar-refractivity contribution is 5.67. The molecular weight excluding hydrogens is 174 g/mol. The Kier molecular flexibility index (Phi) is 4.72. The van der Waals surface area contributed by atoms with Crippen LogP contribution in [0.2, 0.25) is 0 Å². The maximum atomic E-state index is 11.2. The fourth-order valence-corrected chi connectivity index (χ4v) is 0.609. The summed E-state index contributed by atoms with van der Waals surface area (Å²) in [6.45, 7) is 5.75. The zero-order valence-corrected chi connectivity index (χ0v) is 8.53. The summed E-state index contributed by atoms with van der Waals surface area (Å²) in [4.78, 5) is 16.4. The lowest BCUT2D eigenvalue weighted by molar-refractivity contribution is -0.243. The zero-order valence-electron chi connectivity index (χ0n) is 8.53. The molecule has 0 spiro atoms. The van der Waals surface area contributed by atoms with Gasteiger partial charge in [0.25, 0.3) is 0 Å². The quantitative estimate of drug-likeness (QED) is 0.540. The van der Waals surface area contributed by atoms with Crippen molar-refractivity contribution in [3.05, 3.63) is 0 Å². The molecular formula is C8H17NO4. The molecule has 0 heterocycles. The number of hydrogen-bond donors (Lipinski definition) is 1. The van der Waals surface area contributed by atoms with Crippen LogP contribution in [-0.4, -0.2) is 42.1 Å². The van der Waals surface area contributed by atoms with Crippen molar-refractivity contribution in [2.24, 2.45) is 0 Å². The Morgan fingerprint density at radius 3 is 2.38 bits per heavy atom. The average molecular weight is 191 g/mol. The summed E-state index contributed by atoms with van der Waals surface area (Å²) in [7, 11) is 1.58. The summed E-state index contributed by atoms with van der Waals surface area (Å²) in [5.41, 5.74) is -0.495. The second-order valence-corrected chi connectivity index (χ2v) is 3.74. The summed E-state index contributed by atoms with van der Waals surface area (Å²) in [5, 5.41) is 8.05. The molecule has 0 atom stereocenters. The molecule has 5 heteroatoms. The molecule has 0 aromatic carbocycles. The van der Waals surface area contributed by atoms with Gasteiger partial charge >= 0.3 is 6.09 Å². The van der Waals surface area contributed by atoms with Gasteiger partial charge in [0.05, 0.1) is 13.2 Å². The highest BCUT2D eigenvalue weighted by Gasteiger charge is 2.18. The molecule has 0 radical (unpaired) electrons. The summed E-state index contributed by atoms with van der Waals surface area (Å²) in [5.74, 6) is 0. The first-order valence-corrected chi connectivity index (χ1v) is 4.07. The molecule has 1 amide bonds. The maximum absolute atomic E-state index is 11.2. The predicted octanol–water partition coefficient (Wildman–Crippen LogP) is 1.34. The van der Waals surface area contributed by atoms with Crippen molar-refractivity contribution in [3.8, 4) is 0 Å². The first kappa shape index (κ1) is 12.2. The molecule has 0 saturated heterocycles. The molecule has 1 N–H and O–H groups in total. The minimum atomic E-state index is -0.495. The third-order valence-electron chi connectivity index (χ3n) is 1.22. The first-order valence-electron chi connectivity index (χ1n) is 4.07. The Labute approximate surface area is 78.2 Å². The van der Waals surface area contributed by atoms with Crippen LogP contribution >= 0.6 is 0 Å². The highest BCUT2D eigenvalue weighted by Crippen LogP contribution is 2.08. The van der Waals surface area contributed by atoms with Gasteiger partial charge in [-0.25, -0.2) is 9.68 Å². The first-order chi connectivity index (χ1) is 5.87. The minimum absolute atomic E-state index is 0.0791. The third kappa shape index (κ3) is 6.36. The third-order valence-corrected chi connectivity index (χ3v) is 1.22. The summed E-state index contributed by atoms with van der Waals surface area (Å²) >= 11 is 0. The van der Waals surface area contributed by atoms with Gasteiger partial charge < -0.3 is 9.64 Å². The molecule has 0 fully saturated rings. The van der Waals surface area contributed by atoms with Gasteiger partial charge in [-0.3, -0.25) is 5.26 Å². The normalized spacial score (nSPS) is 11.2.